The molecule has 0 aliphatic carbocycles. The Kier molecular flexibility index (Phi) is 9.68. The zero-order chi connectivity index (χ0) is 29.7. The van der Waals surface area contributed by atoms with Crippen LogP contribution in [0.2, 0.25) is 10.0 Å². The van der Waals surface area contributed by atoms with E-state index in [9.17, 15) is 18.0 Å². The SMILES string of the molecule is CC(C)NC(=O)C(C)N(Cc1c(Cl)cccc1Cl)C(=O)CN(c1ccc2c(c1)OCCO2)S(=O)(=O)c1ccccc1. The number of anilines is 1. The molecule has 0 fully saturated rings. The predicted molar refractivity (Wildman–Crippen MR) is 158 cm³/mol. The molecular weight excluding hydrogens is 589 g/mol. The van der Waals surface area contributed by atoms with E-state index in [0.717, 1.165) is 4.31 Å². The third-order valence-corrected chi connectivity index (χ3v) is 8.91. The van der Waals surface area contributed by atoms with Gasteiger partial charge < -0.3 is 19.7 Å². The summed E-state index contributed by atoms with van der Waals surface area (Å²) in [5.41, 5.74) is 0.631. The maximum atomic E-state index is 14.1. The molecule has 1 aliphatic rings. The van der Waals surface area contributed by atoms with Crippen molar-refractivity contribution in [3.05, 3.63) is 82.3 Å². The molecule has 1 atom stereocenters. The number of sulfonamides is 1. The average molecular weight is 621 g/mol. The summed E-state index contributed by atoms with van der Waals surface area (Å²) >= 11 is 12.8. The van der Waals surface area contributed by atoms with Crippen LogP contribution in [-0.2, 0) is 26.2 Å². The summed E-state index contributed by atoms with van der Waals surface area (Å²) in [5, 5.41) is 3.43. The van der Waals surface area contributed by atoms with Gasteiger partial charge in [0.05, 0.1) is 10.6 Å². The zero-order valence-corrected chi connectivity index (χ0v) is 25.2. The number of fused-ring (bicyclic) bond motifs is 1. The predicted octanol–water partition coefficient (Wildman–Crippen LogP) is 4.90. The van der Waals surface area contributed by atoms with Crippen LogP contribution in [0.5, 0.6) is 11.5 Å². The number of benzene rings is 3. The summed E-state index contributed by atoms with van der Waals surface area (Å²) < 4.78 is 40.1. The molecule has 0 bridgehead atoms. The fraction of sp³-hybridized carbons (Fsp3) is 0.310. The molecule has 41 heavy (non-hydrogen) atoms. The molecule has 0 saturated heterocycles. The molecule has 12 heteroatoms. The van der Waals surface area contributed by atoms with E-state index in [2.05, 4.69) is 5.32 Å². The second kappa shape index (κ2) is 13.0. The van der Waals surface area contributed by atoms with E-state index in [1.807, 2.05) is 0 Å². The lowest BCUT2D eigenvalue weighted by atomic mass is 10.1. The van der Waals surface area contributed by atoms with Crippen LogP contribution in [0.3, 0.4) is 0 Å². The molecule has 3 aromatic rings. The van der Waals surface area contributed by atoms with Crippen molar-refractivity contribution in [1.82, 2.24) is 10.2 Å². The van der Waals surface area contributed by atoms with Crippen LogP contribution in [0.25, 0.3) is 0 Å². The van der Waals surface area contributed by atoms with E-state index in [-0.39, 0.29) is 23.2 Å². The summed E-state index contributed by atoms with van der Waals surface area (Å²) in [4.78, 5) is 28.4. The van der Waals surface area contributed by atoms with Gasteiger partial charge in [0, 0.05) is 34.3 Å². The smallest absolute Gasteiger partial charge is 0.264 e. The molecule has 4 rings (SSSR count). The van der Waals surface area contributed by atoms with Crippen LogP contribution in [0, 0.1) is 0 Å². The highest BCUT2D eigenvalue weighted by Crippen LogP contribution is 2.36. The van der Waals surface area contributed by atoms with Crippen LogP contribution in [-0.4, -0.2) is 57.0 Å². The van der Waals surface area contributed by atoms with Gasteiger partial charge >= 0.3 is 0 Å². The van der Waals surface area contributed by atoms with Crippen molar-refractivity contribution >= 4 is 50.7 Å². The number of nitrogens with one attached hydrogen (secondary N) is 1. The first-order valence-electron chi connectivity index (χ1n) is 13.0. The minimum absolute atomic E-state index is 0.00557. The molecule has 0 saturated carbocycles. The van der Waals surface area contributed by atoms with Crippen molar-refractivity contribution < 1.29 is 27.5 Å². The van der Waals surface area contributed by atoms with Crippen LogP contribution >= 0.6 is 23.2 Å². The van der Waals surface area contributed by atoms with Crippen molar-refractivity contribution in [2.24, 2.45) is 0 Å². The van der Waals surface area contributed by atoms with E-state index in [0.29, 0.717) is 40.3 Å². The summed E-state index contributed by atoms with van der Waals surface area (Å²) in [6.07, 6.45) is 0. The minimum atomic E-state index is -4.23. The number of rotatable bonds is 10. The number of hydrogen-bond acceptors (Lipinski definition) is 6. The Morgan fingerprint density at radius 1 is 0.902 bits per heavy atom. The maximum Gasteiger partial charge on any atom is 0.264 e. The summed E-state index contributed by atoms with van der Waals surface area (Å²) in [6.45, 7) is 5.11. The highest BCUT2D eigenvalue weighted by Gasteiger charge is 2.33. The molecule has 1 heterocycles. The molecule has 2 amide bonds. The van der Waals surface area contributed by atoms with E-state index in [1.165, 1.54) is 23.1 Å². The highest BCUT2D eigenvalue weighted by atomic mass is 35.5. The molecular formula is C29H31Cl2N3O6S. The van der Waals surface area contributed by atoms with Gasteiger partial charge in [0.2, 0.25) is 11.8 Å². The Bertz CT molecular complexity index is 1500. The Morgan fingerprint density at radius 2 is 1.54 bits per heavy atom. The van der Waals surface area contributed by atoms with Crippen LogP contribution in [0.15, 0.2) is 71.6 Å². The number of carbonyl (C=O) groups excluding carboxylic acids is 2. The second-order valence-electron chi connectivity index (χ2n) is 9.71. The van der Waals surface area contributed by atoms with Gasteiger partial charge in [-0.3, -0.25) is 13.9 Å². The summed E-state index contributed by atoms with van der Waals surface area (Å²) in [7, 11) is -4.23. The first-order valence-corrected chi connectivity index (χ1v) is 15.2. The number of hydrogen-bond donors (Lipinski definition) is 1. The third-order valence-electron chi connectivity index (χ3n) is 6.41. The van der Waals surface area contributed by atoms with Gasteiger partial charge in [-0.2, -0.15) is 0 Å². The van der Waals surface area contributed by atoms with Gasteiger partial charge in [-0.05, 0) is 57.2 Å². The van der Waals surface area contributed by atoms with E-state index in [4.69, 9.17) is 32.7 Å². The number of ether oxygens (including phenoxy) is 2. The highest BCUT2D eigenvalue weighted by molar-refractivity contribution is 7.92. The van der Waals surface area contributed by atoms with Crippen molar-refractivity contribution in [2.75, 3.05) is 24.1 Å². The lowest BCUT2D eigenvalue weighted by Crippen LogP contribution is -2.52. The van der Waals surface area contributed by atoms with Crippen molar-refractivity contribution in [3.63, 3.8) is 0 Å². The molecule has 1 N–H and O–H groups in total. The average Bonchev–Trinajstić information content (AvgIpc) is 2.95. The number of carbonyl (C=O) groups is 2. The molecule has 0 spiro atoms. The molecule has 0 aromatic heterocycles. The lowest BCUT2D eigenvalue weighted by Gasteiger charge is -2.33. The van der Waals surface area contributed by atoms with E-state index in [1.54, 1.807) is 69.3 Å². The molecule has 1 unspecified atom stereocenters. The first-order chi connectivity index (χ1) is 19.5. The Balaban J connectivity index is 1.76. The molecule has 218 valence electrons. The minimum Gasteiger partial charge on any atom is -0.486 e. The van der Waals surface area contributed by atoms with Gasteiger partial charge in [0.1, 0.15) is 25.8 Å². The summed E-state index contributed by atoms with van der Waals surface area (Å²) in [5.74, 6) is -0.216. The maximum absolute atomic E-state index is 14.1. The van der Waals surface area contributed by atoms with Crippen molar-refractivity contribution in [1.29, 1.82) is 0 Å². The van der Waals surface area contributed by atoms with Crippen LogP contribution in [0.1, 0.15) is 26.3 Å². The molecule has 3 aromatic carbocycles. The van der Waals surface area contributed by atoms with Crippen LogP contribution in [0.4, 0.5) is 5.69 Å². The lowest BCUT2D eigenvalue weighted by molar-refractivity contribution is -0.139. The Hall–Kier alpha value is -3.47. The van der Waals surface area contributed by atoms with Gasteiger partial charge in [-0.1, -0.05) is 47.5 Å². The van der Waals surface area contributed by atoms with Gasteiger partial charge in [-0.15, -0.1) is 0 Å². The van der Waals surface area contributed by atoms with E-state index < -0.39 is 34.4 Å². The zero-order valence-electron chi connectivity index (χ0n) is 22.8. The Morgan fingerprint density at radius 3 is 2.17 bits per heavy atom. The number of nitrogens with zero attached hydrogens (tertiary/aromatic N) is 2. The van der Waals surface area contributed by atoms with E-state index >= 15 is 0 Å². The largest absolute Gasteiger partial charge is 0.486 e. The van der Waals surface area contributed by atoms with Crippen molar-refractivity contribution in [2.45, 2.75) is 44.3 Å². The molecule has 1 aliphatic heterocycles. The monoisotopic (exact) mass is 619 g/mol. The fourth-order valence-corrected chi connectivity index (χ4v) is 6.22. The second-order valence-corrected chi connectivity index (χ2v) is 12.4. The normalized spacial score (nSPS) is 13.4. The van der Waals surface area contributed by atoms with Crippen LogP contribution < -0.4 is 19.1 Å². The quantitative estimate of drug-likeness (QED) is 0.346. The molecule has 9 nitrogen and oxygen atoms in total. The van der Waals surface area contributed by atoms with Gasteiger partial charge in [0.15, 0.2) is 11.5 Å². The summed E-state index contributed by atoms with van der Waals surface area (Å²) in [6, 6.07) is 16.2. The number of amides is 2. The Labute approximate surface area is 250 Å². The topological polar surface area (TPSA) is 105 Å². The standard InChI is InChI=1S/C29H31Cl2N3O6S/c1-19(2)32-29(36)20(3)33(17-23-24(30)10-7-11-25(23)31)28(35)18-34(41(37,38)22-8-5-4-6-9-22)21-12-13-26-27(16-21)40-15-14-39-26/h4-13,16,19-20H,14-15,17-18H2,1-3H3,(H,32,36). The van der Waals surface area contributed by atoms with Crippen molar-refractivity contribution in [3.8, 4) is 11.5 Å². The number of halogens is 2. The fourth-order valence-electron chi connectivity index (χ4n) is 4.28. The third kappa shape index (κ3) is 7.06. The molecule has 0 radical (unpaired) electrons. The van der Waals surface area contributed by atoms with Gasteiger partial charge in [0.25, 0.3) is 10.0 Å². The van der Waals surface area contributed by atoms with Gasteiger partial charge in [-0.25, -0.2) is 8.42 Å². The first kappa shape index (κ1) is 30.5.